The van der Waals surface area contributed by atoms with Crippen molar-refractivity contribution in [1.82, 2.24) is 0 Å². The molecule has 0 aliphatic rings. The lowest BCUT2D eigenvalue weighted by Gasteiger charge is -2.11. The molecule has 2 aromatic rings. The Labute approximate surface area is 258 Å². The fourth-order valence-electron chi connectivity index (χ4n) is 3.93. The Hall–Kier alpha value is -3.07. The van der Waals surface area contributed by atoms with Gasteiger partial charge in [-0.25, -0.2) is 8.42 Å². The molecule has 0 heterocycles. The third-order valence-electron chi connectivity index (χ3n) is 6.35. The van der Waals surface area contributed by atoms with Gasteiger partial charge in [-0.15, -0.1) is 0 Å². The van der Waals surface area contributed by atoms with Gasteiger partial charge in [0.1, 0.15) is 21.6 Å². The first kappa shape index (κ1) is 38.0. The molecule has 0 saturated carbocycles. The summed E-state index contributed by atoms with van der Waals surface area (Å²) in [7, 11) is -2.91. The van der Waals surface area contributed by atoms with Crippen molar-refractivity contribution in [2.75, 3.05) is 33.7 Å². The topological polar surface area (TPSA) is 132 Å². The normalized spacial score (nSPS) is 10.8. The van der Waals surface area contributed by atoms with Gasteiger partial charge in [0.15, 0.2) is 11.8 Å². The van der Waals surface area contributed by atoms with Crippen molar-refractivity contribution in [3.05, 3.63) is 41.4 Å². The summed E-state index contributed by atoms with van der Waals surface area (Å²) < 4.78 is 59.1. The minimum absolute atomic E-state index is 0.0729. The van der Waals surface area contributed by atoms with E-state index in [2.05, 4.69) is 30.5 Å². The standard InChI is InChI=1S/C24H41N2O3.C8H10O5S/c1-4-7-10-13-16-27-21-19-22(28-17-14-11-8-5-2)24(26-25)23(20-21)29-18-15-12-9-6-3;1-12-6-13-7-2-4-8(5-3-7)14(9,10)11/h19-20H,4-18H2,1-3H3;2-5H,6H2,1H3,(H,9,10,11)/q+1;/p-1. The zero-order valence-electron chi connectivity index (χ0n) is 26.3. The van der Waals surface area contributed by atoms with Crippen LogP contribution in [0.5, 0.6) is 23.0 Å². The lowest BCUT2D eigenvalue weighted by molar-refractivity contribution is 0.0511. The molecule has 10 nitrogen and oxygen atoms in total. The molecule has 2 aromatic carbocycles. The molecule has 0 fully saturated rings. The lowest BCUT2D eigenvalue weighted by Crippen LogP contribution is -2.03. The number of hydrogen-bond acceptors (Lipinski definition) is 9. The van der Waals surface area contributed by atoms with Crippen molar-refractivity contribution in [2.45, 2.75) is 103 Å². The van der Waals surface area contributed by atoms with Gasteiger partial charge < -0.3 is 28.2 Å². The summed E-state index contributed by atoms with van der Waals surface area (Å²) in [4.78, 5) is 3.18. The highest BCUT2D eigenvalue weighted by atomic mass is 32.2. The zero-order valence-corrected chi connectivity index (χ0v) is 27.2. The number of ether oxygens (including phenoxy) is 5. The van der Waals surface area contributed by atoms with E-state index >= 15 is 0 Å². The van der Waals surface area contributed by atoms with Crippen molar-refractivity contribution in [3.63, 3.8) is 0 Å². The summed E-state index contributed by atoms with van der Waals surface area (Å²) in [5.41, 5.74) is 0.356. The van der Waals surface area contributed by atoms with Gasteiger partial charge in [0.25, 0.3) is 0 Å². The molecule has 0 unspecified atom stereocenters. The first-order chi connectivity index (χ1) is 20.8. The molecule has 242 valence electrons. The number of unbranched alkanes of at least 4 members (excludes halogenated alkanes) is 9. The summed E-state index contributed by atoms with van der Waals surface area (Å²) in [6, 6.07) is 8.80. The van der Waals surface area contributed by atoms with E-state index in [0.29, 0.717) is 48.5 Å². The predicted octanol–water partition coefficient (Wildman–Crippen LogP) is 8.62. The van der Waals surface area contributed by atoms with E-state index in [-0.39, 0.29) is 11.7 Å². The van der Waals surface area contributed by atoms with Crippen LogP contribution in [0.3, 0.4) is 0 Å². The Morgan fingerprint density at radius 1 is 0.674 bits per heavy atom. The average molecular weight is 623 g/mol. The second-order valence-corrected chi connectivity index (χ2v) is 11.5. The molecular weight excluding hydrogens is 572 g/mol. The van der Waals surface area contributed by atoms with Crippen LogP contribution < -0.4 is 18.9 Å². The molecule has 0 aliphatic carbocycles. The van der Waals surface area contributed by atoms with Crippen LogP contribution in [0.15, 0.2) is 41.3 Å². The first-order valence-electron chi connectivity index (χ1n) is 15.4. The highest BCUT2D eigenvalue weighted by Crippen LogP contribution is 2.42. The number of nitrogens with zero attached hydrogens (tertiary/aromatic N) is 2. The molecular formula is C32H50N2O8S. The van der Waals surface area contributed by atoms with E-state index in [1.54, 1.807) is 0 Å². The third-order valence-corrected chi connectivity index (χ3v) is 7.20. The van der Waals surface area contributed by atoms with Crippen LogP contribution in [0.2, 0.25) is 0 Å². The van der Waals surface area contributed by atoms with Gasteiger partial charge in [0, 0.05) is 19.2 Å². The largest absolute Gasteiger partial charge is 0.744 e. The van der Waals surface area contributed by atoms with Gasteiger partial charge in [0.05, 0.1) is 24.7 Å². The summed E-state index contributed by atoms with van der Waals surface area (Å²) in [5.74, 6) is 2.21. The van der Waals surface area contributed by atoms with Gasteiger partial charge in [-0.3, -0.25) is 0 Å². The Morgan fingerprint density at radius 3 is 1.53 bits per heavy atom. The number of hydrogen-bond donors (Lipinski definition) is 0. The summed E-state index contributed by atoms with van der Waals surface area (Å²) in [5, 5.41) is 9.57. The van der Waals surface area contributed by atoms with E-state index < -0.39 is 10.1 Å². The molecule has 0 aromatic heterocycles. The van der Waals surface area contributed by atoms with Crippen LogP contribution in [0.25, 0.3) is 4.98 Å². The molecule has 0 spiro atoms. The summed E-state index contributed by atoms with van der Waals surface area (Å²) >= 11 is 0. The van der Waals surface area contributed by atoms with Crippen LogP contribution in [-0.2, 0) is 14.9 Å². The number of benzene rings is 2. The number of methoxy groups -OCH3 is 1. The van der Waals surface area contributed by atoms with Crippen molar-refractivity contribution in [2.24, 2.45) is 0 Å². The fraction of sp³-hybridized carbons (Fsp3) is 0.625. The minimum atomic E-state index is -4.38. The zero-order chi connectivity index (χ0) is 31.8. The maximum atomic E-state index is 10.5. The number of diazo groups is 1. The quantitative estimate of drug-likeness (QED) is 0.0548. The smallest absolute Gasteiger partial charge is 0.467 e. The first-order valence-corrected chi connectivity index (χ1v) is 16.8. The molecule has 43 heavy (non-hydrogen) atoms. The Bertz CT molecular complexity index is 1120. The second kappa shape index (κ2) is 23.4. The molecule has 0 N–H and O–H groups in total. The molecule has 0 radical (unpaired) electrons. The maximum absolute atomic E-state index is 10.5. The predicted molar refractivity (Wildman–Crippen MR) is 167 cm³/mol. The second-order valence-electron chi connectivity index (χ2n) is 10.1. The lowest BCUT2D eigenvalue weighted by atomic mass is 10.2. The van der Waals surface area contributed by atoms with E-state index in [4.69, 9.17) is 18.9 Å². The van der Waals surface area contributed by atoms with E-state index in [0.717, 1.165) is 32.1 Å². The van der Waals surface area contributed by atoms with Crippen LogP contribution in [0.1, 0.15) is 97.8 Å². The van der Waals surface area contributed by atoms with Crippen molar-refractivity contribution in [3.8, 4) is 23.0 Å². The SMILES string of the molecule is CCCCCCOc1cc(OCCCCCC)c([N+]#N)c(OCCCCCC)c1.COCOc1ccc(S(=O)(=O)[O-])cc1. The Morgan fingerprint density at radius 2 is 1.14 bits per heavy atom. The third kappa shape index (κ3) is 17.0. The molecule has 0 bridgehead atoms. The van der Waals surface area contributed by atoms with Crippen molar-refractivity contribution < 1.29 is 36.7 Å². The Balaban J connectivity index is 0.000000549. The van der Waals surface area contributed by atoms with Crippen molar-refractivity contribution >= 4 is 15.8 Å². The molecule has 11 heteroatoms. The fourth-order valence-corrected chi connectivity index (χ4v) is 4.40. The van der Waals surface area contributed by atoms with E-state index in [1.807, 2.05) is 12.1 Å². The minimum Gasteiger partial charge on any atom is -0.744 e. The van der Waals surface area contributed by atoms with Crippen LogP contribution in [-0.4, -0.2) is 46.7 Å². The van der Waals surface area contributed by atoms with E-state index in [1.165, 1.54) is 76.3 Å². The molecule has 0 saturated heterocycles. The number of rotatable bonds is 22. The van der Waals surface area contributed by atoms with Gasteiger partial charge in [-0.05, 0) is 43.5 Å². The van der Waals surface area contributed by atoms with E-state index in [9.17, 15) is 18.4 Å². The van der Waals surface area contributed by atoms with Crippen LogP contribution in [0.4, 0.5) is 5.69 Å². The van der Waals surface area contributed by atoms with Gasteiger partial charge in [0.2, 0.25) is 16.9 Å². The molecule has 0 amide bonds. The van der Waals surface area contributed by atoms with Crippen LogP contribution >= 0.6 is 0 Å². The van der Waals surface area contributed by atoms with Gasteiger partial charge in [-0.1, -0.05) is 78.6 Å². The Kier molecular flexibility index (Phi) is 20.6. The van der Waals surface area contributed by atoms with Gasteiger partial charge >= 0.3 is 5.69 Å². The molecule has 0 aliphatic heterocycles. The monoisotopic (exact) mass is 622 g/mol. The highest BCUT2D eigenvalue weighted by Gasteiger charge is 2.25. The summed E-state index contributed by atoms with van der Waals surface area (Å²) in [6.07, 6.45) is 13.6. The molecule has 2 rings (SSSR count). The summed E-state index contributed by atoms with van der Waals surface area (Å²) in [6.45, 7) is 8.51. The maximum Gasteiger partial charge on any atom is 0.467 e. The highest BCUT2D eigenvalue weighted by molar-refractivity contribution is 7.85. The van der Waals surface area contributed by atoms with Crippen molar-refractivity contribution in [1.29, 1.82) is 5.39 Å². The van der Waals surface area contributed by atoms with Crippen LogP contribution in [0, 0.1) is 5.39 Å². The molecule has 0 atom stereocenters. The van der Waals surface area contributed by atoms with Gasteiger partial charge in [-0.2, -0.15) is 0 Å². The average Bonchev–Trinajstić information content (AvgIpc) is 2.99.